The molecule has 0 bridgehead atoms. The zero-order valence-corrected chi connectivity index (χ0v) is 20.0. The van der Waals surface area contributed by atoms with E-state index >= 15 is 0 Å². The normalized spacial score (nSPS) is 15.1. The van der Waals surface area contributed by atoms with Gasteiger partial charge in [-0.05, 0) is 89.7 Å². The fraction of sp³-hybridized carbons (Fsp3) is 0.227. The predicted octanol–water partition coefficient (Wildman–Crippen LogP) is 5.02. The molecular formula is C22H20INO6S. The highest BCUT2D eigenvalue weighted by Crippen LogP contribution is 2.38. The standard InChI is InChI=1S/C22H20INO6S/c1-12(2)24-20(25)18(31-22(24)28)10-14-8-16(23)19(17(9-14)29-3)30-11-13-4-6-15(7-5-13)21(26)27/h4-10,12H,11H2,1-3H3,(H,26,27)/b18-10+. The van der Waals surface area contributed by atoms with Gasteiger partial charge in [-0.15, -0.1) is 0 Å². The van der Waals surface area contributed by atoms with Crippen molar-refractivity contribution in [2.45, 2.75) is 26.5 Å². The number of methoxy groups -OCH3 is 1. The molecule has 0 radical (unpaired) electrons. The van der Waals surface area contributed by atoms with E-state index in [0.717, 1.165) is 20.9 Å². The second kappa shape index (κ2) is 9.73. The number of carbonyl (C=O) groups excluding carboxylic acids is 2. The molecule has 1 fully saturated rings. The maximum Gasteiger partial charge on any atom is 0.335 e. The van der Waals surface area contributed by atoms with Gasteiger partial charge >= 0.3 is 5.97 Å². The molecule has 0 aromatic heterocycles. The summed E-state index contributed by atoms with van der Waals surface area (Å²) in [5.41, 5.74) is 1.74. The molecule has 0 saturated carbocycles. The summed E-state index contributed by atoms with van der Waals surface area (Å²) in [6.45, 7) is 3.83. The molecule has 9 heteroatoms. The highest BCUT2D eigenvalue weighted by Gasteiger charge is 2.36. The molecule has 0 atom stereocenters. The summed E-state index contributed by atoms with van der Waals surface area (Å²) in [6, 6.07) is 9.83. The number of hydrogen-bond acceptors (Lipinski definition) is 6. The molecule has 0 spiro atoms. The highest BCUT2D eigenvalue weighted by atomic mass is 127. The Hall–Kier alpha value is -2.53. The molecule has 1 aliphatic heterocycles. The van der Waals surface area contributed by atoms with Crippen molar-refractivity contribution < 1.29 is 29.0 Å². The topological polar surface area (TPSA) is 93.1 Å². The van der Waals surface area contributed by atoms with Crippen molar-refractivity contribution in [2.24, 2.45) is 0 Å². The van der Waals surface area contributed by atoms with E-state index in [-0.39, 0.29) is 29.4 Å². The van der Waals surface area contributed by atoms with Crippen molar-refractivity contribution in [2.75, 3.05) is 7.11 Å². The lowest BCUT2D eigenvalue weighted by molar-refractivity contribution is -0.123. The number of amides is 2. The van der Waals surface area contributed by atoms with Crippen molar-refractivity contribution in [3.8, 4) is 11.5 Å². The molecule has 31 heavy (non-hydrogen) atoms. The van der Waals surface area contributed by atoms with Gasteiger partial charge in [0.25, 0.3) is 11.1 Å². The summed E-state index contributed by atoms with van der Waals surface area (Å²) in [7, 11) is 1.52. The monoisotopic (exact) mass is 553 g/mol. The lowest BCUT2D eigenvalue weighted by Gasteiger charge is -2.16. The summed E-state index contributed by atoms with van der Waals surface area (Å²) in [6.07, 6.45) is 1.67. The van der Waals surface area contributed by atoms with Crippen LogP contribution in [0.2, 0.25) is 0 Å². The van der Waals surface area contributed by atoms with Crippen molar-refractivity contribution in [1.82, 2.24) is 4.90 Å². The predicted molar refractivity (Wildman–Crippen MR) is 126 cm³/mol. The summed E-state index contributed by atoms with van der Waals surface area (Å²) in [4.78, 5) is 37.2. The summed E-state index contributed by atoms with van der Waals surface area (Å²) >= 11 is 3.04. The molecule has 2 amide bonds. The Kier molecular flexibility index (Phi) is 7.26. The molecule has 1 heterocycles. The van der Waals surface area contributed by atoms with Crippen molar-refractivity contribution in [3.63, 3.8) is 0 Å². The Balaban J connectivity index is 1.81. The number of carboxylic acids is 1. The molecule has 0 unspecified atom stereocenters. The van der Waals surface area contributed by atoms with Crippen molar-refractivity contribution >= 4 is 57.5 Å². The van der Waals surface area contributed by atoms with Crippen LogP contribution in [-0.4, -0.2) is 40.3 Å². The lowest BCUT2D eigenvalue weighted by Crippen LogP contribution is -2.34. The second-order valence-electron chi connectivity index (χ2n) is 6.97. The Bertz CT molecular complexity index is 1060. The average molecular weight is 553 g/mol. The summed E-state index contributed by atoms with van der Waals surface area (Å²) in [5.74, 6) is -0.254. The Morgan fingerprint density at radius 3 is 2.45 bits per heavy atom. The van der Waals surface area contributed by atoms with Crippen LogP contribution in [0.1, 0.15) is 35.3 Å². The molecule has 2 aromatic rings. The Morgan fingerprint density at radius 1 is 1.23 bits per heavy atom. The van der Waals surface area contributed by atoms with Gasteiger partial charge in [-0.3, -0.25) is 14.5 Å². The van der Waals surface area contributed by atoms with E-state index in [4.69, 9.17) is 14.6 Å². The molecule has 0 aliphatic carbocycles. The smallest absolute Gasteiger partial charge is 0.335 e. The van der Waals surface area contributed by atoms with Gasteiger partial charge < -0.3 is 14.6 Å². The van der Waals surface area contributed by atoms with Crippen LogP contribution in [0, 0.1) is 3.57 Å². The van der Waals surface area contributed by atoms with Gasteiger partial charge in [-0.25, -0.2) is 4.79 Å². The SMILES string of the molecule is COc1cc(/C=C2/SC(=O)N(C(C)C)C2=O)cc(I)c1OCc1ccc(C(=O)O)cc1. The number of ether oxygens (including phenoxy) is 2. The molecule has 1 N–H and O–H groups in total. The van der Waals surface area contributed by atoms with Crippen LogP contribution in [0.3, 0.4) is 0 Å². The number of thioether (sulfide) groups is 1. The zero-order valence-electron chi connectivity index (χ0n) is 17.0. The van der Waals surface area contributed by atoms with Crippen LogP contribution in [0.4, 0.5) is 4.79 Å². The van der Waals surface area contributed by atoms with E-state index in [2.05, 4.69) is 22.6 Å². The number of halogens is 1. The third-order valence-corrected chi connectivity index (χ3v) is 6.16. The third-order valence-electron chi connectivity index (χ3n) is 4.47. The van der Waals surface area contributed by atoms with Crippen LogP contribution in [0.25, 0.3) is 6.08 Å². The third kappa shape index (κ3) is 5.21. The number of carbonyl (C=O) groups is 3. The fourth-order valence-corrected chi connectivity index (χ4v) is 4.68. The average Bonchev–Trinajstić information content (AvgIpc) is 3.00. The van der Waals surface area contributed by atoms with Crippen LogP contribution in [0.15, 0.2) is 41.3 Å². The van der Waals surface area contributed by atoms with E-state index in [1.807, 2.05) is 6.07 Å². The maximum absolute atomic E-state index is 12.5. The molecule has 3 rings (SSSR count). The van der Waals surface area contributed by atoms with E-state index in [9.17, 15) is 14.4 Å². The number of aromatic carboxylic acids is 1. The van der Waals surface area contributed by atoms with Gasteiger partial charge in [0.1, 0.15) is 6.61 Å². The molecule has 162 valence electrons. The first kappa shape index (κ1) is 23.1. The van der Waals surface area contributed by atoms with E-state index in [1.54, 1.807) is 38.1 Å². The lowest BCUT2D eigenvalue weighted by atomic mass is 10.1. The highest BCUT2D eigenvalue weighted by molar-refractivity contribution is 14.1. The molecular weight excluding hydrogens is 533 g/mol. The number of imide groups is 1. The van der Waals surface area contributed by atoms with Gasteiger partial charge in [0.05, 0.1) is 21.1 Å². The maximum atomic E-state index is 12.5. The number of nitrogens with zero attached hydrogens (tertiary/aromatic N) is 1. The van der Waals surface area contributed by atoms with Gasteiger partial charge in [0.15, 0.2) is 11.5 Å². The number of hydrogen-bond donors (Lipinski definition) is 1. The summed E-state index contributed by atoms with van der Waals surface area (Å²) in [5, 5.41) is 8.72. The fourth-order valence-electron chi connectivity index (χ4n) is 2.94. The number of rotatable bonds is 7. The quantitative estimate of drug-likeness (QED) is 0.380. The Labute approximate surface area is 197 Å². The van der Waals surface area contributed by atoms with E-state index in [0.29, 0.717) is 22.0 Å². The molecule has 1 aliphatic rings. The van der Waals surface area contributed by atoms with E-state index in [1.165, 1.54) is 24.1 Å². The molecule has 1 saturated heterocycles. The minimum Gasteiger partial charge on any atom is -0.493 e. The minimum absolute atomic E-state index is 0.201. The van der Waals surface area contributed by atoms with Crippen LogP contribution in [-0.2, 0) is 11.4 Å². The first-order chi connectivity index (χ1) is 14.7. The van der Waals surface area contributed by atoms with Crippen molar-refractivity contribution in [3.05, 3.63) is 61.6 Å². The minimum atomic E-state index is -0.981. The van der Waals surface area contributed by atoms with Crippen LogP contribution >= 0.6 is 34.4 Å². The van der Waals surface area contributed by atoms with Gasteiger partial charge in [0, 0.05) is 6.04 Å². The first-order valence-corrected chi connectivity index (χ1v) is 11.2. The van der Waals surface area contributed by atoms with Crippen molar-refractivity contribution in [1.29, 1.82) is 0 Å². The van der Waals surface area contributed by atoms with Gasteiger partial charge in [0.2, 0.25) is 0 Å². The largest absolute Gasteiger partial charge is 0.493 e. The number of benzene rings is 2. The molecule has 2 aromatic carbocycles. The van der Waals surface area contributed by atoms with Gasteiger partial charge in [-0.2, -0.15) is 0 Å². The van der Waals surface area contributed by atoms with Gasteiger partial charge in [-0.1, -0.05) is 12.1 Å². The number of carboxylic acid groups (broad SMARTS) is 1. The first-order valence-electron chi connectivity index (χ1n) is 9.31. The zero-order chi connectivity index (χ0) is 22.7. The Morgan fingerprint density at radius 2 is 1.90 bits per heavy atom. The van der Waals surface area contributed by atoms with Crippen LogP contribution in [0.5, 0.6) is 11.5 Å². The molecule has 7 nitrogen and oxygen atoms in total. The van der Waals surface area contributed by atoms with Crippen LogP contribution < -0.4 is 9.47 Å². The van der Waals surface area contributed by atoms with E-state index < -0.39 is 5.97 Å². The summed E-state index contributed by atoms with van der Waals surface area (Å²) < 4.78 is 12.2. The second-order valence-corrected chi connectivity index (χ2v) is 9.13.